The number of carbonyl (C=O) groups excluding carboxylic acids is 1. The average Bonchev–Trinajstić information content (AvgIpc) is 3.24. The Kier molecular flexibility index (Phi) is 8.41. The van der Waals surface area contributed by atoms with Gasteiger partial charge in [-0.1, -0.05) is 6.92 Å². The van der Waals surface area contributed by atoms with Crippen LogP contribution in [0.5, 0.6) is 0 Å². The van der Waals surface area contributed by atoms with Crippen LogP contribution in [0.2, 0.25) is 0 Å². The molecule has 0 aliphatic carbocycles. The Labute approximate surface area is 165 Å². The first-order valence-corrected chi connectivity index (χ1v) is 8.97. The molecule has 8 heteroatoms. The molecule has 1 aliphatic heterocycles. The lowest BCUT2D eigenvalue weighted by Gasteiger charge is -2.27. The molecule has 25 heavy (non-hydrogen) atoms. The van der Waals surface area contributed by atoms with Gasteiger partial charge in [-0.2, -0.15) is 0 Å². The molecule has 1 fully saturated rings. The van der Waals surface area contributed by atoms with Crippen molar-refractivity contribution in [3.8, 4) is 10.8 Å². The third-order valence-corrected chi connectivity index (χ3v) is 5.30. The fourth-order valence-corrected chi connectivity index (χ4v) is 3.96. The molecule has 0 saturated carbocycles. The maximum absolute atomic E-state index is 13.0. The monoisotopic (exact) mass is 405 g/mol. The van der Waals surface area contributed by atoms with Crippen molar-refractivity contribution in [2.75, 3.05) is 19.6 Å². The maximum Gasteiger partial charge on any atom is 0.266 e. The van der Waals surface area contributed by atoms with Gasteiger partial charge in [0.15, 0.2) is 10.8 Å². The number of hydrogen-bond acceptors (Lipinski definition) is 5. The number of rotatable bonds is 5. The van der Waals surface area contributed by atoms with E-state index < -0.39 is 0 Å². The van der Waals surface area contributed by atoms with E-state index in [9.17, 15) is 4.79 Å². The zero-order chi connectivity index (χ0) is 16.4. The van der Waals surface area contributed by atoms with Crippen LogP contribution in [0, 0.1) is 13.8 Å². The summed E-state index contributed by atoms with van der Waals surface area (Å²) in [6.07, 6.45) is 1.98. The number of aromatic nitrogens is 1. The van der Waals surface area contributed by atoms with Gasteiger partial charge in [-0.3, -0.25) is 4.79 Å². The standard InChI is InChI=1S/C17H23N3O2S.2ClH/c1-4-9-20(13-7-8-18-10-13)17(21)15-12(3)19-16(23-15)14-6-5-11(2)22-14;;/h5-6,13,18H,4,7-10H2,1-3H3;2*1H. The topological polar surface area (TPSA) is 58.4 Å². The number of hydrogen-bond donors (Lipinski definition) is 1. The van der Waals surface area contributed by atoms with Gasteiger partial charge in [0.25, 0.3) is 5.91 Å². The van der Waals surface area contributed by atoms with Crippen molar-refractivity contribution in [3.05, 3.63) is 28.5 Å². The van der Waals surface area contributed by atoms with Gasteiger partial charge in [-0.25, -0.2) is 4.98 Å². The Morgan fingerprint density at radius 1 is 1.40 bits per heavy atom. The summed E-state index contributed by atoms with van der Waals surface area (Å²) in [7, 11) is 0. The van der Waals surface area contributed by atoms with E-state index in [1.54, 1.807) is 0 Å². The number of amides is 1. The molecule has 2 aromatic rings. The second kappa shape index (κ2) is 9.57. The molecule has 3 rings (SSSR count). The molecule has 3 heterocycles. The van der Waals surface area contributed by atoms with Gasteiger partial charge < -0.3 is 14.6 Å². The molecule has 140 valence electrons. The minimum atomic E-state index is 0. The van der Waals surface area contributed by atoms with Crippen LogP contribution in [-0.4, -0.2) is 41.5 Å². The molecule has 1 unspecified atom stereocenters. The van der Waals surface area contributed by atoms with Crippen LogP contribution < -0.4 is 5.32 Å². The van der Waals surface area contributed by atoms with Gasteiger partial charge in [-0.15, -0.1) is 36.2 Å². The summed E-state index contributed by atoms with van der Waals surface area (Å²) in [5.74, 6) is 1.69. The summed E-state index contributed by atoms with van der Waals surface area (Å²) in [6.45, 7) is 8.58. The summed E-state index contributed by atoms with van der Waals surface area (Å²) in [4.78, 5) is 20.3. The normalized spacial score (nSPS) is 16.2. The lowest BCUT2D eigenvalue weighted by atomic mass is 10.2. The highest BCUT2D eigenvalue weighted by molar-refractivity contribution is 7.17. The van der Waals surface area contributed by atoms with Crippen LogP contribution >= 0.6 is 36.2 Å². The summed E-state index contributed by atoms with van der Waals surface area (Å²) in [6, 6.07) is 4.12. The number of halogens is 2. The Morgan fingerprint density at radius 3 is 2.72 bits per heavy atom. The van der Waals surface area contributed by atoms with Crippen LogP contribution in [0.1, 0.15) is 40.9 Å². The van der Waals surface area contributed by atoms with Crippen molar-refractivity contribution in [3.63, 3.8) is 0 Å². The molecule has 1 amide bonds. The zero-order valence-electron chi connectivity index (χ0n) is 14.7. The van der Waals surface area contributed by atoms with E-state index in [0.29, 0.717) is 6.04 Å². The van der Waals surface area contributed by atoms with Crippen LogP contribution in [0.25, 0.3) is 10.8 Å². The second-order valence-corrected chi connectivity index (χ2v) is 6.99. The van der Waals surface area contributed by atoms with Crippen molar-refractivity contribution < 1.29 is 9.21 Å². The fourth-order valence-electron chi connectivity index (χ4n) is 2.98. The Hall–Kier alpha value is -1.08. The first kappa shape index (κ1) is 22.0. The first-order chi connectivity index (χ1) is 11.1. The van der Waals surface area contributed by atoms with Crippen molar-refractivity contribution in [1.29, 1.82) is 0 Å². The van der Waals surface area contributed by atoms with E-state index in [4.69, 9.17) is 4.42 Å². The molecule has 1 saturated heterocycles. The third kappa shape index (κ3) is 4.76. The van der Waals surface area contributed by atoms with Gasteiger partial charge in [0.1, 0.15) is 10.6 Å². The Bertz CT molecular complexity index is 696. The van der Waals surface area contributed by atoms with Crippen LogP contribution in [-0.2, 0) is 0 Å². The Balaban J connectivity index is 0.00000156. The number of nitrogens with zero attached hydrogens (tertiary/aromatic N) is 2. The lowest BCUT2D eigenvalue weighted by Crippen LogP contribution is -2.42. The van der Waals surface area contributed by atoms with E-state index in [2.05, 4.69) is 17.2 Å². The summed E-state index contributed by atoms with van der Waals surface area (Å²) in [5.41, 5.74) is 0.788. The van der Waals surface area contributed by atoms with Gasteiger partial charge >= 0.3 is 0 Å². The number of furan rings is 1. The number of thiazole rings is 1. The molecule has 1 N–H and O–H groups in total. The molecule has 0 aromatic carbocycles. The van der Waals surface area contributed by atoms with E-state index in [1.807, 2.05) is 30.9 Å². The summed E-state index contributed by atoms with van der Waals surface area (Å²) in [5, 5.41) is 4.12. The van der Waals surface area contributed by atoms with Crippen LogP contribution in [0.3, 0.4) is 0 Å². The van der Waals surface area contributed by atoms with Gasteiger partial charge in [0.2, 0.25) is 0 Å². The van der Waals surface area contributed by atoms with Gasteiger partial charge in [0, 0.05) is 19.1 Å². The van der Waals surface area contributed by atoms with E-state index in [1.165, 1.54) is 11.3 Å². The number of aryl methyl sites for hydroxylation is 2. The highest BCUT2D eigenvalue weighted by Gasteiger charge is 2.29. The second-order valence-electron chi connectivity index (χ2n) is 5.99. The maximum atomic E-state index is 13.0. The fraction of sp³-hybridized carbons (Fsp3) is 0.529. The van der Waals surface area contributed by atoms with Crippen LogP contribution in [0.4, 0.5) is 0 Å². The molecule has 0 radical (unpaired) electrons. The molecular formula is C17H25Cl2N3O2S. The largest absolute Gasteiger partial charge is 0.459 e. The minimum absolute atomic E-state index is 0. The molecule has 2 aromatic heterocycles. The smallest absolute Gasteiger partial charge is 0.266 e. The highest BCUT2D eigenvalue weighted by atomic mass is 35.5. The third-order valence-electron chi connectivity index (χ3n) is 4.14. The summed E-state index contributed by atoms with van der Waals surface area (Å²) < 4.78 is 5.64. The number of carbonyl (C=O) groups is 1. The van der Waals surface area contributed by atoms with Crippen molar-refractivity contribution >= 4 is 42.1 Å². The van der Waals surface area contributed by atoms with E-state index >= 15 is 0 Å². The van der Waals surface area contributed by atoms with Gasteiger partial charge in [-0.05, 0) is 45.4 Å². The summed E-state index contributed by atoms with van der Waals surface area (Å²) >= 11 is 1.43. The average molecular weight is 406 g/mol. The van der Waals surface area contributed by atoms with E-state index in [0.717, 1.165) is 59.6 Å². The molecule has 1 atom stereocenters. The molecule has 1 aliphatic rings. The minimum Gasteiger partial charge on any atom is -0.459 e. The van der Waals surface area contributed by atoms with Gasteiger partial charge in [0.05, 0.1) is 5.69 Å². The van der Waals surface area contributed by atoms with Crippen LogP contribution in [0.15, 0.2) is 16.5 Å². The quantitative estimate of drug-likeness (QED) is 0.813. The Morgan fingerprint density at radius 2 is 2.16 bits per heavy atom. The lowest BCUT2D eigenvalue weighted by molar-refractivity contribution is 0.0696. The van der Waals surface area contributed by atoms with E-state index in [-0.39, 0.29) is 30.7 Å². The first-order valence-electron chi connectivity index (χ1n) is 8.16. The van der Waals surface area contributed by atoms with Crippen molar-refractivity contribution in [2.45, 2.75) is 39.7 Å². The predicted octanol–water partition coefficient (Wildman–Crippen LogP) is 4.08. The zero-order valence-corrected chi connectivity index (χ0v) is 17.2. The molecule has 5 nitrogen and oxygen atoms in total. The van der Waals surface area contributed by atoms with Crippen molar-refractivity contribution in [2.24, 2.45) is 0 Å². The van der Waals surface area contributed by atoms with Crippen molar-refractivity contribution in [1.82, 2.24) is 15.2 Å². The highest BCUT2D eigenvalue weighted by Crippen LogP contribution is 2.30. The predicted molar refractivity (Wildman–Crippen MR) is 106 cm³/mol. The SMILES string of the molecule is CCCN(C(=O)c1sc(-c2ccc(C)o2)nc1C)C1CCNC1.Cl.Cl. The molecule has 0 bridgehead atoms. The number of nitrogens with one attached hydrogen (secondary N) is 1. The molecule has 0 spiro atoms. The molecular weight excluding hydrogens is 381 g/mol.